The maximum Gasteiger partial charge on any atom is 0.434 e. The van der Waals surface area contributed by atoms with Gasteiger partial charge in [-0.2, -0.15) is 18.3 Å². The fraction of sp³-hybridized carbons (Fsp3) is 0.640. The van der Waals surface area contributed by atoms with E-state index in [2.05, 4.69) is 48.9 Å². The van der Waals surface area contributed by atoms with Gasteiger partial charge in [0.1, 0.15) is 60.1 Å². The lowest BCUT2D eigenvalue weighted by molar-refractivity contribution is -0.153. The molecule has 37 heteroatoms. The molecule has 3 aromatic rings. The number of benzene rings is 2. The monoisotopic (exact) mass is 1770 g/mol. The van der Waals surface area contributed by atoms with E-state index in [0.717, 1.165) is 17.2 Å². The molecule has 0 radical (unpaired) electrons. The summed E-state index contributed by atoms with van der Waals surface area (Å²) in [4.78, 5) is 218. The number of rotatable bonds is 46. The Morgan fingerprint density at radius 3 is 1.56 bits per heavy atom. The van der Waals surface area contributed by atoms with Gasteiger partial charge in [0.05, 0.1) is 36.5 Å². The first-order valence-electron chi connectivity index (χ1n) is 43.2. The second-order valence-electron chi connectivity index (χ2n) is 35.3. The van der Waals surface area contributed by atoms with Gasteiger partial charge in [0, 0.05) is 93.3 Å². The highest BCUT2D eigenvalue weighted by Gasteiger charge is 2.44. The lowest BCUT2D eigenvalue weighted by Crippen LogP contribution is -2.61. The number of halogens is 3. The molecule has 2 heterocycles. The molecule has 1 aliphatic rings. The van der Waals surface area contributed by atoms with Crippen molar-refractivity contribution in [1.29, 1.82) is 0 Å². The lowest BCUT2D eigenvalue weighted by Gasteiger charge is -2.39. The quantitative estimate of drug-likeness (QED) is 0.0283. The highest BCUT2D eigenvalue weighted by molar-refractivity contribution is 6.06. The van der Waals surface area contributed by atoms with Crippen LogP contribution in [0.5, 0.6) is 5.75 Å². The predicted molar refractivity (Wildman–Crippen MR) is 470 cm³/mol. The Labute approximate surface area is 739 Å². The Kier molecular flexibility index (Phi) is 41.9. The van der Waals surface area contributed by atoms with Crippen molar-refractivity contribution in [2.75, 3.05) is 99.3 Å². The van der Waals surface area contributed by atoms with Crippen molar-refractivity contribution in [3.05, 3.63) is 78.1 Å². The summed E-state index contributed by atoms with van der Waals surface area (Å²) in [5, 5.41) is 33.5. The molecule has 0 bridgehead atoms. The van der Waals surface area contributed by atoms with Crippen LogP contribution in [0, 0.1) is 48.3 Å². The van der Waals surface area contributed by atoms with Gasteiger partial charge in [0.25, 0.3) is 11.8 Å². The van der Waals surface area contributed by atoms with Crippen LogP contribution >= 0.6 is 0 Å². The number of aliphatic hydroxyl groups is 1. The fourth-order valence-corrected chi connectivity index (χ4v) is 14.9. The molecule has 1 saturated heterocycles. The fourth-order valence-electron chi connectivity index (χ4n) is 14.9. The SMILES string of the molecule is C=CC(=O)Nc1cc(C)cc(NC(=O)c2cnn(-c3ccc(OCC(=O)N4CCN(C(=O)CCC[C@@H](C)[C@@H](O)CC(=O)N[C@@H](CC)C(=O)N(C)CC(=O)N(C)[C@@H](CC(C)C)C(=O)N[C@H](C(=O)N(C)C(CC(C)C)C(=O)N[C@@H](C)C(=O)NC(C)C(=O)N(C)[C@@H](CC(C)C)C(=O)N(C)[C@@H](CC(C)C)C(=O)N(C)[C@H](C(=O)NC)C(C)C)C(C)C)CC4)cc3)c2C(F)(F)F)c1. The third kappa shape index (κ3) is 31.2. The molecule has 0 saturated carbocycles. The van der Waals surface area contributed by atoms with Crippen molar-refractivity contribution in [3.8, 4) is 11.4 Å². The maximum atomic E-state index is 14.7. The first kappa shape index (κ1) is 107. The number of nitrogens with zero attached hydrogens (tertiary/aromatic N) is 10. The molecular weight excluding hydrogens is 1640 g/mol. The van der Waals surface area contributed by atoms with Gasteiger partial charge in [-0.3, -0.25) is 71.9 Å². The van der Waals surface area contributed by atoms with E-state index in [0.29, 0.717) is 23.1 Å². The molecule has 702 valence electrons. The van der Waals surface area contributed by atoms with Gasteiger partial charge in [-0.05, 0) is 161 Å². The van der Waals surface area contributed by atoms with Crippen LogP contribution < -0.4 is 42.0 Å². The third-order valence-electron chi connectivity index (χ3n) is 22.3. The molecule has 0 aliphatic carbocycles. The number of hydrogen-bond acceptors (Lipinski definition) is 18. The number of piperazine rings is 1. The highest BCUT2D eigenvalue weighted by Crippen LogP contribution is 2.35. The Morgan fingerprint density at radius 2 is 1.06 bits per heavy atom. The first-order chi connectivity index (χ1) is 58.7. The molecule has 8 N–H and O–H groups in total. The highest BCUT2D eigenvalue weighted by atomic mass is 19.4. The number of likely N-dealkylation sites (N-methyl/N-ethyl adjacent to an activating group) is 7. The Hall–Kier alpha value is -11.0. The van der Waals surface area contributed by atoms with Gasteiger partial charge >= 0.3 is 6.18 Å². The second kappa shape index (κ2) is 49.2. The van der Waals surface area contributed by atoms with Crippen molar-refractivity contribution >= 4 is 100.0 Å². The maximum absolute atomic E-state index is 14.7. The van der Waals surface area contributed by atoms with Gasteiger partial charge < -0.3 is 86.3 Å². The number of aliphatic hydroxyl groups excluding tert-OH is 1. The van der Waals surface area contributed by atoms with Crippen molar-refractivity contribution < 1.29 is 94.9 Å². The molecule has 34 nitrogen and oxygen atoms in total. The van der Waals surface area contributed by atoms with Gasteiger partial charge in [-0.1, -0.05) is 104 Å². The van der Waals surface area contributed by atoms with E-state index in [-0.39, 0.29) is 135 Å². The molecule has 15 amide bonds. The van der Waals surface area contributed by atoms with Gasteiger partial charge in [0.15, 0.2) is 12.3 Å². The van der Waals surface area contributed by atoms with Crippen molar-refractivity contribution in [2.45, 2.75) is 242 Å². The summed E-state index contributed by atoms with van der Waals surface area (Å²) in [6, 6.07) is -0.371. The predicted octanol–water partition coefficient (Wildman–Crippen LogP) is 6.41. The summed E-state index contributed by atoms with van der Waals surface area (Å²) < 4.78 is 50.0. The molecule has 1 aromatic heterocycles. The second-order valence-corrected chi connectivity index (χ2v) is 35.3. The topological polar surface area (TPSA) is 413 Å². The van der Waals surface area contributed by atoms with E-state index >= 15 is 0 Å². The van der Waals surface area contributed by atoms with Crippen LogP contribution in [0.25, 0.3) is 5.69 Å². The third-order valence-corrected chi connectivity index (χ3v) is 22.3. The van der Waals surface area contributed by atoms with Gasteiger partial charge in [-0.15, -0.1) is 0 Å². The number of carbonyl (C=O) groups excluding carboxylic acids is 15. The Morgan fingerprint density at radius 1 is 0.571 bits per heavy atom. The number of aromatic nitrogens is 2. The normalized spacial score (nSPS) is 15.0. The molecule has 11 atom stereocenters. The van der Waals surface area contributed by atoms with E-state index < -0.39 is 180 Å². The molecular formula is C89H138F3N17O17. The molecule has 1 fully saturated rings. The standard InChI is InChI=1S/C89H138F3N17O17/c1-26-65(99-72(112)46-70(110)57(16)29-28-30-73(113)107-35-37-108(38-36-107)75(115)49-126-63-33-31-62(32-34-63)109-78(89(90,91)92)64(47-94-109)80(117)98-61-44-56(15)43-60(45-61)97-71(111)27-2)85(122)101(20)48-74(114)102(21)66(39-50(3)4)82(119)100-76(54(11)12)88(125)103(22)67(40-51(5)6)81(118)95-58(17)79(116)96-59(18)84(121)104(23)68(41-52(7)8)86(123)105(24)69(42-53(9)10)87(124)106(25)77(55(13)14)83(120)93-19/h27,31-34,43-45,47,50-55,57-59,65-70,76-77,110H,2,26,28-30,35-42,46,48-49H2,1,3-25H3,(H,93,120)(H,95,118)(H,96,116)(H,97,111)(H,98,117)(H,99,112)(H,100,119)/t57-,58+,59?,65+,66+,67?,68+,69+,70+,76+,77+/m1/s1. The van der Waals surface area contributed by atoms with Crippen LogP contribution in [0.4, 0.5) is 24.5 Å². The lowest BCUT2D eigenvalue weighted by atomic mass is 9.95. The average molecular weight is 1780 g/mol. The zero-order chi connectivity index (χ0) is 95.5. The summed E-state index contributed by atoms with van der Waals surface area (Å²) in [5.41, 5.74) is -1.19. The number of ether oxygens (including phenoxy) is 1. The smallest absolute Gasteiger partial charge is 0.434 e. The van der Waals surface area contributed by atoms with Gasteiger partial charge in [-0.25, -0.2) is 4.68 Å². The summed E-state index contributed by atoms with van der Waals surface area (Å²) in [7, 11) is 10.1. The largest absolute Gasteiger partial charge is 0.484 e. The van der Waals surface area contributed by atoms with E-state index in [1.807, 2.05) is 69.2 Å². The minimum Gasteiger partial charge on any atom is -0.484 e. The molecule has 1 aliphatic heterocycles. The summed E-state index contributed by atoms with van der Waals surface area (Å²) in [6.07, 6.45) is -3.16. The average Bonchev–Trinajstić information content (AvgIpc) is 1.62. The minimum atomic E-state index is -5.03. The van der Waals surface area contributed by atoms with Crippen LogP contribution in [0.2, 0.25) is 0 Å². The van der Waals surface area contributed by atoms with Crippen molar-refractivity contribution in [3.63, 3.8) is 0 Å². The number of amides is 15. The molecule has 0 spiro atoms. The Balaban J connectivity index is 1.29. The summed E-state index contributed by atoms with van der Waals surface area (Å²) >= 11 is 0. The first-order valence-corrected chi connectivity index (χ1v) is 43.2. The van der Waals surface area contributed by atoms with Crippen molar-refractivity contribution in [2.24, 2.45) is 41.4 Å². The minimum absolute atomic E-state index is 0.0511. The van der Waals surface area contributed by atoms with Crippen LogP contribution in [0.1, 0.15) is 190 Å². The number of hydrogen-bond donors (Lipinski definition) is 8. The number of anilines is 2. The van der Waals surface area contributed by atoms with Crippen molar-refractivity contribution in [1.82, 2.24) is 75.6 Å². The molecule has 2 aromatic carbocycles. The van der Waals surface area contributed by atoms with Crippen LogP contribution in [0.3, 0.4) is 0 Å². The summed E-state index contributed by atoms with van der Waals surface area (Å²) in [6.45, 7) is 33.1. The van der Waals surface area contributed by atoms with E-state index in [4.69, 9.17) is 4.74 Å². The zero-order valence-corrected chi connectivity index (χ0v) is 77.9. The Bertz CT molecular complexity index is 4280. The van der Waals surface area contributed by atoms with Crippen LogP contribution in [-0.4, -0.2) is 292 Å². The molecule has 2 unspecified atom stereocenters. The van der Waals surface area contributed by atoms with E-state index in [1.165, 1.54) is 129 Å². The van der Waals surface area contributed by atoms with Crippen LogP contribution in [0.15, 0.2) is 61.3 Å². The molecule has 4 rings (SSSR count). The molecule has 126 heavy (non-hydrogen) atoms. The number of alkyl halides is 3. The number of nitrogens with one attached hydrogen (secondary N) is 7. The number of carbonyl (C=O) groups is 15. The van der Waals surface area contributed by atoms with E-state index in [1.54, 1.807) is 45.6 Å². The zero-order valence-electron chi connectivity index (χ0n) is 77.9. The van der Waals surface area contributed by atoms with E-state index in [9.17, 15) is 90.2 Å². The van der Waals surface area contributed by atoms with Crippen LogP contribution in [-0.2, 0) is 73.3 Å². The number of aryl methyl sites for hydroxylation is 1. The van der Waals surface area contributed by atoms with Gasteiger partial charge in [0.2, 0.25) is 76.8 Å². The summed E-state index contributed by atoms with van der Waals surface area (Å²) in [5.74, 6) is -10.6.